The average molecular weight is 324 g/mol. The van der Waals surface area contributed by atoms with E-state index in [2.05, 4.69) is 4.98 Å². The monoisotopic (exact) mass is 324 g/mol. The van der Waals surface area contributed by atoms with Crippen molar-refractivity contribution in [3.05, 3.63) is 20.8 Å². The zero-order valence-electron chi connectivity index (χ0n) is 13.6. The van der Waals surface area contributed by atoms with Crippen molar-refractivity contribution < 1.29 is 9.53 Å². The maximum absolute atomic E-state index is 12.7. The Morgan fingerprint density at radius 3 is 2.65 bits per heavy atom. The summed E-state index contributed by atoms with van der Waals surface area (Å²) < 4.78 is 6.34. The van der Waals surface area contributed by atoms with E-state index in [1.165, 1.54) is 16.6 Å². The molecule has 1 aliphatic carbocycles. The zero-order valence-corrected chi connectivity index (χ0v) is 13.6. The summed E-state index contributed by atoms with van der Waals surface area (Å²) in [7, 11) is 1.53. The largest absolute Gasteiger partial charge is 0.383 e. The molecule has 23 heavy (non-hydrogen) atoms. The second-order valence-corrected chi connectivity index (χ2v) is 5.76. The molecule has 0 unspecified atom stereocenters. The van der Waals surface area contributed by atoms with Crippen molar-refractivity contribution in [1.29, 1.82) is 0 Å². The number of rotatable bonds is 7. The van der Waals surface area contributed by atoms with E-state index in [1.54, 1.807) is 0 Å². The Labute approximate surface area is 134 Å². The second-order valence-electron chi connectivity index (χ2n) is 5.76. The van der Waals surface area contributed by atoms with Crippen LogP contribution in [-0.4, -0.2) is 35.7 Å². The lowest BCUT2D eigenvalue weighted by atomic mass is 9.84. The molecule has 0 aliphatic heterocycles. The molecular weight excluding hydrogens is 300 g/mol. The van der Waals surface area contributed by atoms with Crippen molar-refractivity contribution in [1.82, 2.24) is 9.55 Å². The van der Waals surface area contributed by atoms with Crippen LogP contribution in [0.4, 0.5) is 11.5 Å². The number of nitrogens with two attached hydrogens (primary N) is 1. The van der Waals surface area contributed by atoms with Crippen LogP contribution in [-0.2, 0) is 16.1 Å². The van der Waals surface area contributed by atoms with Crippen LogP contribution in [0.1, 0.15) is 32.6 Å². The van der Waals surface area contributed by atoms with Gasteiger partial charge in [-0.05, 0) is 19.3 Å². The first-order valence-electron chi connectivity index (χ1n) is 7.94. The van der Waals surface area contributed by atoms with Gasteiger partial charge in [0.1, 0.15) is 5.82 Å². The van der Waals surface area contributed by atoms with Gasteiger partial charge in [0.15, 0.2) is 5.69 Å². The fraction of sp³-hybridized carbons (Fsp3) is 0.667. The Morgan fingerprint density at radius 2 is 2.13 bits per heavy atom. The van der Waals surface area contributed by atoms with E-state index in [4.69, 9.17) is 10.5 Å². The molecule has 8 nitrogen and oxygen atoms in total. The number of carbonyl (C=O) groups excluding carboxylic acids is 1. The molecule has 0 atom stereocenters. The molecule has 1 fully saturated rings. The maximum Gasteiger partial charge on any atom is 0.330 e. The zero-order chi connectivity index (χ0) is 17.0. The Hall–Kier alpha value is -2.09. The number of ether oxygens (including phenoxy) is 1. The summed E-state index contributed by atoms with van der Waals surface area (Å²) in [6.07, 6.45) is 3.32. The number of hydrogen-bond acceptors (Lipinski definition) is 5. The lowest BCUT2D eigenvalue weighted by molar-refractivity contribution is -0.124. The van der Waals surface area contributed by atoms with Crippen molar-refractivity contribution in [2.45, 2.75) is 39.2 Å². The van der Waals surface area contributed by atoms with E-state index in [0.29, 0.717) is 13.0 Å². The van der Waals surface area contributed by atoms with Crippen LogP contribution in [0.5, 0.6) is 0 Å². The van der Waals surface area contributed by atoms with E-state index < -0.39 is 11.2 Å². The highest BCUT2D eigenvalue weighted by Gasteiger charge is 2.32. The summed E-state index contributed by atoms with van der Waals surface area (Å²) in [4.78, 5) is 40.5. The molecule has 1 amide bonds. The first-order valence-corrected chi connectivity index (χ1v) is 7.94. The molecule has 0 spiro atoms. The smallest absolute Gasteiger partial charge is 0.330 e. The summed E-state index contributed by atoms with van der Waals surface area (Å²) in [6.45, 7) is 2.79. The quantitative estimate of drug-likeness (QED) is 0.750. The molecule has 0 radical (unpaired) electrons. The topological polar surface area (TPSA) is 110 Å². The third kappa shape index (κ3) is 3.47. The van der Waals surface area contributed by atoms with E-state index in [0.717, 1.165) is 19.3 Å². The Morgan fingerprint density at radius 1 is 1.43 bits per heavy atom. The third-order valence-electron chi connectivity index (χ3n) is 4.17. The Bertz CT molecular complexity index is 675. The van der Waals surface area contributed by atoms with Crippen LogP contribution in [0.3, 0.4) is 0 Å². The van der Waals surface area contributed by atoms with Gasteiger partial charge in [-0.1, -0.05) is 13.3 Å². The fourth-order valence-electron chi connectivity index (χ4n) is 2.67. The molecule has 1 heterocycles. The van der Waals surface area contributed by atoms with Crippen LogP contribution >= 0.6 is 0 Å². The van der Waals surface area contributed by atoms with Crippen molar-refractivity contribution in [2.75, 3.05) is 30.9 Å². The van der Waals surface area contributed by atoms with Gasteiger partial charge in [-0.2, -0.15) is 0 Å². The summed E-state index contributed by atoms with van der Waals surface area (Å²) >= 11 is 0. The van der Waals surface area contributed by atoms with Gasteiger partial charge < -0.3 is 15.4 Å². The summed E-state index contributed by atoms with van der Waals surface area (Å²) in [5.41, 5.74) is 4.91. The first kappa shape index (κ1) is 17.3. The Kier molecular flexibility index (Phi) is 5.59. The number of methoxy groups -OCH3 is 1. The number of nitrogen functional groups attached to an aromatic ring is 1. The normalized spacial score (nSPS) is 14.5. The number of nitrogens with zero attached hydrogens (tertiary/aromatic N) is 2. The molecule has 128 valence electrons. The molecule has 1 aliphatic rings. The van der Waals surface area contributed by atoms with Crippen LogP contribution in [0.25, 0.3) is 0 Å². The molecule has 1 aromatic rings. The average Bonchev–Trinajstić information content (AvgIpc) is 2.44. The number of H-pyrrole nitrogens is 1. The van der Waals surface area contributed by atoms with Crippen molar-refractivity contribution >= 4 is 17.4 Å². The summed E-state index contributed by atoms with van der Waals surface area (Å²) in [6, 6.07) is 0. The van der Waals surface area contributed by atoms with Gasteiger partial charge in [0, 0.05) is 26.1 Å². The highest BCUT2D eigenvalue weighted by molar-refractivity contribution is 5.97. The molecule has 0 bridgehead atoms. The van der Waals surface area contributed by atoms with Crippen LogP contribution in [0.2, 0.25) is 0 Å². The fourth-order valence-corrected chi connectivity index (χ4v) is 2.67. The number of nitrogens with one attached hydrogen (secondary N) is 1. The van der Waals surface area contributed by atoms with Gasteiger partial charge in [0.25, 0.3) is 5.56 Å². The van der Waals surface area contributed by atoms with Gasteiger partial charge in [-0.15, -0.1) is 0 Å². The van der Waals surface area contributed by atoms with Crippen molar-refractivity contribution in [3.63, 3.8) is 0 Å². The van der Waals surface area contributed by atoms with E-state index in [9.17, 15) is 14.4 Å². The molecule has 0 aromatic carbocycles. The van der Waals surface area contributed by atoms with Gasteiger partial charge in [-0.3, -0.25) is 19.1 Å². The number of hydrogen-bond donors (Lipinski definition) is 2. The van der Waals surface area contributed by atoms with Gasteiger partial charge in [-0.25, -0.2) is 4.79 Å². The maximum atomic E-state index is 12.7. The number of amides is 1. The minimum Gasteiger partial charge on any atom is -0.383 e. The summed E-state index contributed by atoms with van der Waals surface area (Å²) in [5.74, 6) is -0.186. The molecule has 8 heteroatoms. The number of anilines is 2. The minimum absolute atomic E-state index is 0.0318. The lowest BCUT2D eigenvalue weighted by Gasteiger charge is -2.32. The standard InChI is InChI=1S/C15H24N4O4/c1-3-7-19-12(16)11(13(20)17-15(19)22)18(8-9-23-2)14(21)10-5-4-6-10/h10H,3-9,16H2,1-2H3,(H,17,20,22). The van der Waals surface area contributed by atoms with Gasteiger partial charge >= 0.3 is 5.69 Å². The molecule has 1 aromatic heterocycles. The lowest BCUT2D eigenvalue weighted by Crippen LogP contribution is -2.46. The van der Waals surface area contributed by atoms with Gasteiger partial charge in [0.2, 0.25) is 5.91 Å². The highest BCUT2D eigenvalue weighted by atomic mass is 16.5. The van der Waals surface area contributed by atoms with Crippen molar-refractivity contribution in [2.24, 2.45) is 5.92 Å². The number of carbonyl (C=O) groups is 1. The van der Waals surface area contributed by atoms with Crippen LogP contribution < -0.4 is 21.9 Å². The second kappa shape index (κ2) is 7.45. The van der Waals surface area contributed by atoms with Crippen LogP contribution in [0, 0.1) is 5.92 Å². The van der Waals surface area contributed by atoms with Gasteiger partial charge in [0.05, 0.1) is 6.61 Å². The summed E-state index contributed by atoms with van der Waals surface area (Å²) in [5, 5.41) is 0. The predicted octanol–water partition coefficient (Wildman–Crippen LogP) is 0.308. The van der Waals surface area contributed by atoms with E-state index in [1.807, 2.05) is 6.92 Å². The third-order valence-corrected chi connectivity index (χ3v) is 4.17. The molecule has 2 rings (SSSR count). The van der Waals surface area contributed by atoms with E-state index in [-0.39, 0.29) is 36.5 Å². The SMILES string of the molecule is CCCn1c(N)c(N(CCOC)C(=O)C2CCC2)c(=O)[nH]c1=O. The van der Waals surface area contributed by atoms with Crippen LogP contribution in [0.15, 0.2) is 9.59 Å². The molecular formula is C15H24N4O4. The number of aromatic amines is 1. The minimum atomic E-state index is -0.636. The molecule has 1 saturated carbocycles. The molecule has 3 N–H and O–H groups in total. The van der Waals surface area contributed by atoms with E-state index >= 15 is 0 Å². The number of aromatic nitrogens is 2. The highest BCUT2D eigenvalue weighted by Crippen LogP contribution is 2.30. The Balaban J connectivity index is 2.48. The van der Waals surface area contributed by atoms with Crippen molar-refractivity contribution in [3.8, 4) is 0 Å². The first-order chi connectivity index (χ1) is 11.0. The molecule has 0 saturated heterocycles. The predicted molar refractivity (Wildman–Crippen MR) is 87.6 cm³/mol.